The molecule has 7 nitrogen and oxygen atoms in total. The van der Waals surface area contributed by atoms with Crippen molar-refractivity contribution in [3.05, 3.63) is 35.9 Å². The Morgan fingerprint density at radius 1 is 1.27 bits per heavy atom. The number of likely N-dealkylation sites (N-methyl/N-ethyl adjacent to an activating group) is 1. The van der Waals surface area contributed by atoms with Crippen LogP contribution in [0.2, 0.25) is 0 Å². The zero-order valence-electron chi connectivity index (χ0n) is 12.5. The lowest BCUT2D eigenvalue weighted by molar-refractivity contribution is -0.141. The van der Waals surface area contributed by atoms with E-state index in [0.29, 0.717) is 0 Å². The molecule has 0 aromatic heterocycles. The zero-order chi connectivity index (χ0) is 16.8. The molecule has 0 heterocycles. The van der Waals surface area contributed by atoms with E-state index in [1.54, 1.807) is 24.3 Å². The highest BCUT2D eigenvalue weighted by molar-refractivity contribution is 7.89. The van der Waals surface area contributed by atoms with Crippen LogP contribution in [0.3, 0.4) is 0 Å². The second-order valence-corrected chi connectivity index (χ2v) is 7.17. The normalized spacial score (nSPS) is 12.9. The van der Waals surface area contributed by atoms with Crippen molar-refractivity contribution in [2.75, 3.05) is 19.3 Å². The molecule has 0 saturated carbocycles. The lowest BCUT2D eigenvalue weighted by Crippen LogP contribution is -2.47. The molecule has 122 valence electrons. The minimum Gasteiger partial charge on any atom is -0.480 e. The van der Waals surface area contributed by atoms with Crippen molar-refractivity contribution in [1.82, 2.24) is 9.62 Å². The van der Waals surface area contributed by atoms with Crippen molar-refractivity contribution in [3.8, 4) is 0 Å². The standard InChI is InChI=1S/C14H20N2O5S/c1-3-22(20,21)16(2)10-13(17)15-12(14(18)19)9-11-7-5-4-6-8-11/h4-8,12H,3,9-10H2,1-2H3,(H,15,17)(H,18,19)/t12-/m1/s1. The lowest BCUT2D eigenvalue weighted by Gasteiger charge is -2.18. The molecule has 0 bridgehead atoms. The number of carbonyl (C=O) groups excluding carboxylic acids is 1. The van der Waals surface area contributed by atoms with Crippen LogP contribution in [0.25, 0.3) is 0 Å². The number of amides is 1. The predicted molar refractivity (Wildman–Crippen MR) is 81.8 cm³/mol. The van der Waals surface area contributed by atoms with Crippen LogP contribution in [0.15, 0.2) is 30.3 Å². The summed E-state index contributed by atoms with van der Waals surface area (Å²) in [4.78, 5) is 23.1. The highest BCUT2D eigenvalue weighted by Gasteiger charge is 2.23. The molecule has 0 saturated heterocycles. The summed E-state index contributed by atoms with van der Waals surface area (Å²) in [5, 5.41) is 11.5. The Morgan fingerprint density at radius 3 is 2.36 bits per heavy atom. The number of carboxylic acids is 1. The fraction of sp³-hybridized carbons (Fsp3) is 0.429. The molecule has 1 aromatic rings. The third kappa shape index (κ3) is 5.45. The molecule has 1 aromatic carbocycles. The monoisotopic (exact) mass is 328 g/mol. The van der Waals surface area contributed by atoms with Gasteiger partial charge in [0.15, 0.2) is 0 Å². The minimum absolute atomic E-state index is 0.122. The molecule has 0 aliphatic carbocycles. The molecule has 1 atom stereocenters. The van der Waals surface area contributed by atoms with Crippen LogP contribution in [-0.4, -0.2) is 55.1 Å². The molecule has 0 unspecified atom stereocenters. The number of benzene rings is 1. The Labute approximate surface area is 130 Å². The first-order valence-corrected chi connectivity index (χ1v) is 8.37. The molecular formula is C14H20N2O5S. The van der Waals surface area contributed by atoms with Gasteiger partial charge in [-0.1, -0.05) is 30.3 Å². The maximum Gasteiger partial charge on any atom is 0.326 e. The fourth-order valence-corrected chi connectivity index (χ4v) is 2.57. The molecule has 0 fully saturated rings. The van der Waals surface area contributed by atoms with Crippen molar-refractivity contribution >= 4 is 21.9 Å². The maximum atomic E-state index is 11.8. The highest BCUT2D eigenvalue weighted by atomic mass is 32.2. The Morgan fingerprint density at radius 2 is 1.86 bits per heavy atom. The average Bonchev–Trinajstić information content (AvgIpc) is 2.47. The van der Waals surface area contributed by atoms with Gasteiger partial charge >= 0.3 is 5.97 Å². The van der Waals surface area contributed by atoms with Crippen LogP contribution >= 0.6 is 0 Å². The number of carbonyl (C=O) groups is 2. The lowest BCUT2D eigenvalue weighted by atomic mass is 10.1. The quantitative estimate of drug-likeness (QED) is 0.703. The second-order valence-electron chi connectivity index (χ2n) is 4.80. The van der Waals surface area contributed by atoms with Crippen LogP contribution in [0.4, 0.5) is 0 Å². The largest absolute Gasteiger partial charge is 0.480 e. The van der Waals surface area contributed by atoms with E-state index in [1.807, 2.05) is 6.07 Å². The molecule has 0 spiro atoms. The van der Waals surface area contributed by atoms with Crippen molar-refractivity contribution in [2.24, 2.45) is 0 Å². The van der Waals surface area contributed by atoms with E-state index in [-0.39, 0.29) is 12.2 Å². The van der Waals surface area contributed by atoms with E-state index in [2.05, 4.69) is 5.32 Å². The first kappa shape index (κ1) is 18.1. The number of sulfonamides is 1. The number of nitrogens with one attached hydrogen (secondary N) is 1. The van der Waals surface area contributed by atoms with E-state index >= 15 is 0 Å². The molecule has 0 aliphatic rings. The van der Waals surface area contributed by atoms with E-state index < -0.39 is 34.5 Å². The molecular weight excluding hydrogens is 308 g/mol. The van der Waals surface area contributed by atoms with Crippen molar-refractivity contribution in [2.45, 2.75) is 19.4 Å². The Bertz CT molecular complexity index is 615. The molecule has 2 N–H and O–H groups in total. The predicted octanol–water partition coefficient (Wildman–Crippen LogP) is 0.0800. The highest BCUT2D eigenvalue weighted by Crippen LogP contribution is 2.04. The fourth-order valence-electron chi connectivity index (χ4n) is 1.81. The van der Waals surface area contributed by atoms with Crippen LogP contribution in [0.5, 0.6) is 0 Å². The van der Waals surface area contributed by atoms with Gasteiger partial charge in [-0.3, -0.25) is 4.79 Å². The topological polar surface area (TPSA) is 104 Å². The summed E-state index contributed by atoms with van der Waals surface area (Å²) in [5.41, 5.74) is 0.768. The van der Waals surface area contributed by atoms with Gasteiger partial charge in [0, 0.05) is 13.5 Å². The number of rotatable bonds is 8. The number of nitrogens with zero attached hydrogens (tertiary/aromatic N) is 1. The van der Waals surface area contributed by atoms with Crippen LogP contribution in [0.1, 0.15) is 12.5 Å². The third-order valence-electron chi connectivity index (χ3n) is 3.12. The van der Waals surface area contributed by atoms with Gasteiger partial charge in [0.05, 0.1) is 12.3 Å². The SMILES string of the molecule is CCS(=O)(=O)N(C)CC(=O)N[C@H](Cc1ccccc1)C(=O)O. The van der Waals surface area contributed by atoms with Gasteiger partial charge in [0.2, 0.25) is 15.9 Å². The summed E-state index contributed by atoms with van der Waals surface area (Å²) in [6.07, 6.45) is 0.131. The summed E-state index contributed by atoms with van der Waals surface area (Å²) in [6.45, 7) is 1.06. The van der Waals surface area contributed by atoms with Gasteiger partial charge in [-0.25, -0.2) is 13.2 Å². The van der Waals surface area contributed by atoms with E-state index in [4.69, 9.17) is 0 Å². The molecule has 1 rings (SSSR count). The smallest absolute Gasteiger partial charge is 0.326 e. The minimum atomic E-state index is -3.48. The number of aliphatic carboxylic acids is 1. The summed E-state index contributed by atoms with van der Waals surface area (Å²) in [5.74, 6) is -1.94. The van der Waals surface area contributed by atoms with Crippen molar-refractivity contribution in [1.29, 1.82) is 0 Å². The molecule has 1 amide bonds. The van der Waals surface area contributed by atoms with Gasteiger partial charge in [-0.2, -0.15) is 4.31 Å². The number of carboxylic acid groups (broad SMARTS) is 1. The van der Waals surface area contributed by atoms with Crippen LogP contribution < -0.4 is 5.32 Å². The molecule has 22 heavy (non-hydrogen) atoms. The molecule has 0 aliphatic heterocycles. The Hall–Kier alpha value is -1.93. The van der Waals surface area contributed by atoms with Gasteiger partial charge in [-0.15, -0.1) is 0 Å². The maximum absolute atomic E-state index is 11.8. The molecule has 8 heteroatoms. The molecule has 0 radical (unpaired) electrons. The summed E-state index contributed by atoms with van der Waals surface area (Å²) >= 11 is 0. The summed E-state index contributed by atoms with van der Waals surface area (Å²) in [6, 6.07) is 7.77. The average molecular weight is 328 g/mol. The first-order chi connectivity index (χ1) is 10.3. The Kier molecular flexibility index (Phi) is 6.51. The van der Waals surface area contributed by atoms with Crippen LogP contribution in [0, 0.1) is 0 Å². The van der Waals surface area contributed by atoms with Crippen molar-refractivity contribution in [3.63, 3.8) is 0 Å². The van der Waals surface area contributed by atoms with Gasteiger partial charge < -0.3 is 10.4 Å². The second kappa shape index (κ2) is 7.90. The van der Waals surface area contributed by atoms with Gasteiger partial charge in [0.1, 0.15) is 6.04 Å². The van der Waals surface area contributed by atoms with E-state index in [0.717, 1.165) is 9.87 Å². The first-order valence-electron chi connectivity index (χ1n) is 6.76. The zero-order valence-corrected chi connectivity index (χ0v) is 13.3. The van der Waals surface area contributed by atoms with E-state index in [1.165, 1.54) is 14.0 Å². The van der Waals surface area contributed by atoms with Crippen molar-refractivity contribution < 1.29 is 23.1 Å². The number of hydrogen-bond donors (Lipinski definition) is 2. The third-order valence-corrected chi connectivity index (χ3v) is 4.93. The summed E-state index contributed by atoms with van der Waals surface area (Å²) < 4.78 is 24.1. The van der Waals surface area contributed by atoms with E-state index in [9.17, 15) is 23.1 Å². The van der Waals surface area contributed by atoms with Gasteiger partial charge in [-0.05, 0) is 12.5 Å². The Balaban J connectivity index is 2.68. The van der Waals surface area contributed by atoms with Crippen LogP contribution in [-0.2, 0) is 26.0 Å². The number of hydrogen-bond acceptors (Lipinski definition) is 4. The summed E-state index contributed by atoms with van der Waals surface area (Å²) in [7, 11) is -2.20. The van der Waals surface area contributed by atoms with Gasteiger partial charge in [0.25, 0.3) is 0 Å².